The lowest BCUT2D eigenvalue weighted by molar-refractivity contribution is 0.150. The second-order valence-corrected chi connectivity index (χ2v) is 8.33. The van der Waals surface area contributed by atoms with Gasteiger partial charge in [-0.3, -0.25) is 4.40 Å². The van der Waals surface area contributed by atoms with E-state index in [4.69, 9.17) is 5.73 Å². The van der Waals surface area contributed by atoms with Crippen LogP contribution < -0.4 is 10.5 Å². The van der Waals surface area contributed by atoms with E-state index in [1.54, 1.807) is 0 Å². The van der Waals surface area contributed by atoms with Gasteiger partial charge in [0.05, 0.1) is 17.4 Å². The lowest BCUT2D eigenvalue weighted by atomic mass is 10.3. The Balaban J connectivity index is 1.83. The van der Waals surface area contributed by atoms with Gasteiger partial charge >= 0.3 is 0 Å². The summed E-state index contributed by atoms with van der Waals surface area (Å²) in [7, 11) is -3.73. The zero-order chi connectivity index (χ0) is 17.8. The van der Waals surface area contributed by atoms with Gasteiger partial charge in [-0.25, -0.2) is 26.9 Å². The van der Waals surface area contributed by atoms with Crippen molar-refractivity contribution in [1.29, 1.82) is 0 Å². The molecule has 0 spiro atoms. The van der Waals surface area contributed by atoms with E-state index in [1.807, 2.05) is 0 Å². The number of hydrogen-bond donors (Lipinski definition) is 2. The summed E-state index contributed by atoms with van der Waals surface area (Å²) in [6.45, 7) is 0. The third-order valence-corrected chi connectivity index (χ3v) is 6.09. The zero-order valence-corrected chi connectivity index (χ0v) is 14.2. The van der Waals surface area contributed by atoms with E-state index in [-0.39, 0.29) is 27.5 Å². The van der Waals surface area contributed by atoms with Crippen molar-refractivity contribution in [2.24, 2.45) is 0 Å². The SMILES string of the molecule is Nc1cc(S(=O)(=O)NC2CC2)cn2c(-c3nnc(C(F)F)s3)ncc12. The molecule has 0 saturated heterocycles. The summed E-state index contributed by atoms with van der Waals surface area (Å²) in [6, 6.07) is 1.29. The van der Waals surface area contributed by atoms with E-state index in [0.717, 1.165) is 12.8 Å². The molecule has 3 aromatic rings. The van der Waals surface area contributed by atoms with E-state index in [2.05, 4.69) is 19.9 Å². The second kappa shape index (κ2) is 5.68. The van der Waals surface area contributed by atoms with E-state index in [0.29, 0.717) is 16.9 Å². The van der Waals surface area contributed by atoms with Crippen LogP contribution in [0.2, 0.25) is 0 Å². The number of nitrogens with two attached hydrogens (primary N) is 1. The van der Waals surface area contributed by atoms with Crippen molar-refractivity contribution in [3.05, 3.63) is 23.5 Å². The molecule has 0 radical (unpaired) electrons. The summed E-state index contributed by atoms with van der Waals surface area (Å²) in [6.07, 6.45) is 1.64. The molecule has 25 heavy (non-hydrogen) atoms. The van der Waals surface area contributed by atoms with Crippen molar-refractivity contribution >= 4 is 32.6 Å². The number of aromatic nitrogens is 4. The number of hydrogen-bond acceptors (Lipinski definition) is 7. The summed E-state index contributed by atoms with van der Waals surface area (Å²) in [5, 5.41) is 6.85. The fourth-order valence-electron chi connectivity index (χ4n) is 2.30. The minimum atomic E-state index is -3.73. The first kappa shape index (κ1) is 16.3. The molecular formula is C13H12F2N6O2S2. The maximum absolute atomic E-state index is 12.7. The molecule has 1 saturated carbocycles. The fourth-order valence-corrected chi connectivity index (χ4v) is 4.33. The van der Waals surface area contributed by atoms with Crippen LogP contribution in [-0.4, -0.2) is 34.0 Å². The molecule has 0 aromatic carbocycles. The summed E-state index contributed by atoms with van der Waals surface area (Å²) in [5.41, 5.74) is 6.60. The van der Waals surface area contributed by atoms with Crippen LogP contribution in [0.4, 0.5) is 14.5 Å². The topological polar surface area (TPSA) is 115 Å². The number of alkyl halides is 2. The summed E-state index contributed by atoms with van der Waals surface area (Å²) in [4.78, 5) is 4.10. The highest BCUT2D eigenvalue weighted by Crippen LogP contribution is 2.31. The molecule has 0 atom stereocenters. The van der Waals surface area contributed by atoms with Gasteiger partial charge in [-0.05, 0) is 18.9 Å². The summed E-state index contributed by atoms with van der Waals surface area (Å²) < 4.78 is 54.3. The number of rotatable bonds is 5. The molecule has 1 aliphatic rings. The van der Waals surface area contributed by atoms with Crippen molar-refractivity contribution in [2.45, 2.75) is 30.2 Å². The lowest BCUT2D eigenvalue weighted by Gasteiger charge is -2.08. The lowest BCUT2D eigenvalue weighted by Crippen LogP contribution is -2.26. The van der Waals surface area contributed by atoms with Crippen LogP contribution in [0, 0.1) is 0 Å². The largest absolute Gasteiger partial charge is 0.397 e. The van der Waals surface area contributed by atoms with Gasteiger partial charge in [-0.15, -0.1) is 10.2 Å². The average Bonchev–Trinajstić information content (AvgIpc) is 3.05. The van der Waals surface area contributed by atoms with Crippen molar-refractivity contribution in [3.8, 4) is 10.8 Å². The smallest absolute Gasteiger partial charge is 0.291 e. The van der Waals surface area contributed by atoms with Gasteiger partial charge < -0.3 is 5.73 Å². The Morgan fingerprint density at radius 2 is 2.12 bits per heavy atom. The number of anilines is 1. The van der Waals surface area contributed by atoms with Crippen molar-refractivity contribution < 1.29 is 17.2 Å². The highest BCUT2D eigenvalue weighted by Gasteiger charge is 2.29. The van der Waals surface area contributed by atoms with Gasteiger partial charge in [0.1, 0.15) is 4.90 Å². The fraction of sp³-hybridized carbons (Fsp3) is 0.308. The predicted molar refractivity (Wildman–Crippen MR) is 86.8 cm³/mol. The Hall–Kier alpha value is -2.18. The van der Waals surface area contributed by atoms with Gasteiger partial charge in [0.25, 0.3) is 6.43 Å². The Kier molecular flexibility index (Phi) is 3.70. The molecule has 3 heterocycles. The van der Waals surface area contributed by atoms with E-state index in [9.17, 15) is 17.2 Å². The van der Waals surface area contributed by atoms with Crippen LogP contribution in [0.5, 0.6) is 0 Å². The van der Waals surface area contributed by atoms with E-state index in [1.165, 1.54) is 22.9 Å². The quantitative estimate of drug-likeness (QED) is 0.691. The molecule has 4 rings (SSSR count). The molecule has 8 nitrogen and oxygen atoms in total. The van der Waals surface area contributed by atoms with Crippen LogP contribution in [0.25, 0.3) is 16.3 Å². The van der Waals surface area contributed by atoms with Gasteiger partial charge in [0.2, 0.25) is 10.0 Å². The van der Waals surface area contributed by atoms with Crippen molar-refractivity contribution in [2.75, 3.05) is 5.73 Å². The van der Waals surface area contributed by atoms with Gasteiger partial charge in [-0.2, -0.15) is 0 Å². The average molecular weight is 386 g/mol. The van der Waals surface area contributed by atoms with Gasteiger partial charge in [0, 0.05) is 12.2 Å². The second-order valence-electron chi connectivity index (χ2n) is 5.61. The van der Waals surface area contributed by atoms with Crippen molar-refractivity contribution in [3.63, 3.8) is 0 Å². The molecular weight excluding hydrogens is 374 g/mol. The molecule has 0 aliphatic heterocycles. The number of fused-ring (bicyclic) bond motifs is 1. The van der Waals surface area contributed by atoms with E-state index >= 15 is 0 Å². The van der Waals surface area contributed by atoms with Crippen LogP contribution in [-0.2, 0) is 10.0 Å². The standard InChI is InChI=1S/C13H12F2N6O2S2/c14-10(15)12-18-19-13(24-12)11-17-4-9-8(16)3-7(5-21(9)11)25(22,23)20-6-1-2-6/h3-6,10,20H,1-2,16H2. The third kappa shape index (κ3) is 2.96. The predicted octanol–water partition coefficient (Wildman–Crippen LogP) is 1.81. The number of pyridine rings is 1. The highest BCUT2D eigenvalue weighted by atomic mass is 32.2. The molecule has 3 aromatic heterocycles. The minimum absolute atomic E-state index is 0.0257. The molecule has 0 bridgehead atoms. The molecule has 1 aliphatic carbocycles. The Morgan fingerprint density at radius 3 is 2.76 bits per heavy atom. The molecule has 0 unspecified atom stereocenters. The first-order chi connectivity index (χ1) is 11.8. The summed E-state index contributed by atoms with van der Waals surface area (Å²) in [5.74, 6) is 0.203. The van der Waals surface area contributed by atoms with E-state index < -0.39 is 21.5 Å². The van der Waals surface area contributed by atoms with Gasteiger partial charge in [0.15, 0.2) is 15.8 Å². The number of nitrogens with zero attached hydrogens (tertiary/aromatic N) is 4. The molecule has 1 fully saturated rings. The maximum atomic E-state index is 12.7. The Labute approximate surface area is 144 Å². The number of halogens is 2. The number of nitrogens with one attached hydrogen (secondary N) is 1. The zero-order valence-electron chi connectivity index (χ0n) is 12.6. The number of sulfonamides is 1. The van der Waals surface area contributed by atoms with Gasteiger partial charge in [-0.1, -0.05) is 11.3 Å². The first-order valence-corrected chi connectivity index (χ1v) is 9.56. The Bertz CT molecular complexity index is 1060. The maximum Gasteiger partial charge on any atom is 0.291 e. The molecule has 3 N–H and O–H groups in total. The van der Waals surface area contributed by atoms with Crippen LogP contribution in [0.3, 0.4) is 0 Å². The van der Waals surface area contributed by atoms with Crippen LogP contribution >= 0.6 is 11.3 Å². The first-order valence-electron chi connectivity index (χ1n) is 7.26. The monoisotopic (exact) mass is 386 g/mol. The normalized spacial score (nSPS) is 15.3. The number of imidazole rings is 1. The minimum Gasteiger partial charge on any atom is -0.397 e. The van der Waals surface area contributed by atoms with Crippen molar-refractivity contribution in [1.82, 2.24) is 24.3 Å². The molecule has 12 heteroatoms. The Morgan fingerprint density at radius 1 is 1.36 bits per heavy atom. The number of nitrogen functional groups attached to an aromatic ring is 1. The van der Waals surface area contributed by atoms with Crippen LogP contribution in [0.15, 0.2) is 23.4 Å². The summed E-state index contributed by atoms with van der Waals surface area (Å²) >= 11 is 0.692. The third-order valence-electron chi connectivity index (χ3n) is 3.67. The highest BCUT2D eigenvalue weighted by molar-refractivity contribution is 7.89. The molecule has 0 amide bonds. The molecule has 132 valence electrons. The van der Waals surface area contributed by atoms with Crippen LogP contribution in [0.1, 0.15) is 24.3 Å².